The second-order valence-corrected chi connectivity index (χ2v) is 4.75. The molecule has 1 aromatic rings. The molecule has 0 bridgehead atoms. The van der Waals surface area contributed by atoms with Crippen molar-refractivity contribution in [2.45, 2.75) is 19.3 Å². The van der Waals surface area contributed by atoms with Crippen molar-refractivity contribution in [2.24, 2.45) is 5.84 Å². The summed E-state index contributed by atoms with van der Waals surface area (Å²) in [5, 5.41) is 2.66. The first kappa shape index (κ1) is 13.7. The van der Waals surface area contributed by atoms with Crippen LogP contribution in [0.5, 0.6) is 0 Å². The predicted molar refractivity (Wildman–Crippen MR) is 65.2 cm³/mol. The first-order valence-electron chi connectivity index (χ1n) is 5.07. The van der Waals surface area contributed by atoms with Gasteiger partial charge in [0, 0.05) is 12.0 Å². The minimum absolute atomic E-state index is 0.0684. The van der Waals surface area contributed by atoms with E-state index in [9.17, 15) is 9.18 Å². The Kier molecular flexibility index (Phi) is 4.31. The molecule has 94 valence electrons. The number of halogens is 2. The fourth-order valence-electron chi connectivity index (χ4n) is 1.37. The molecule has 0 atom stereocenters. The zero-order valence-corrected chi connectivity index (χ0v) is 10.4. The topological polar surface area (TPSA) is 67.2 Å². The number of benzene rings is 1. The van der Waals surface area contributed by atoms with Gasteiger partial charge >= 0.3 is 6.03 Å². The number of nitrogens with one attached hydrogen (secondary N) is 2. The molecule has 0 aliphatic heterocycles. The fourth-order valence-corrected chi connectivity index (χ4v) is 1.55. The van der Waals surface area contributed by atoms with Crippen molar-refractivity contribution in [2.75, 3.05) is 6.54 Å². The van der Waals surface area contributed by atoms with Gasteiger partial charge in [0.05, 0.1) is 5.02 Å². The lowest BCUT2D eigenvalue weighted by Crippen LogP contribution is -2.44. The average Bonchev–Trinajstić information content (AvgIpc) is 2.29. The molecule has 0 aliphatic carbocycles. The number of nitrogens with two attached hydrogens (primary N) is 1. The lowest BCUT2D eigenvalue weighted by Gasteiger charge is -2.25. The second kappa shape index (κ2) is 5.33. The summed E-state index contributed by atoms with van der Waals surface area (Å²) in [6, 6.07) is 4.04. The van der Waals surface area contributed by atoms with Gasteiger partial charge in [-0.05, 0) is 17.7 Å². The number of hydrogen-bond donors (Lipinski definition) is 3. The zero-order valence-electron chi connectivity index (χ0n) is 9.68. The van der Waals surface area contributed by atoms with Gasteiger partial charge in [-0.1, -0.05) is 31.5 Å². The van der Waals surface area contributed by atoms with E-state index in [0.717, 1.165) is 5.56 Å². The third-order valence-corrected chi connectivity index (χ3v) is 2.81. The molecule has 6 heteroatoms. The van der Waals surface area contributed by atoms with E-state index in [0.29, 0.717) is 6.54 Å². The van der Waals surface area contributed by atoms with Gasteiger partial charge in [-0.2, -0.15) is 0 Å². The molecule has 0 fully saturated rings. The van der Waals surface area contributed by atoms with Crippen LogP contribution in [0, 0.1) is 5.82 Å². The molecule has 0 saturated heterocycles. The SMILES string of the molecule is CC(C)(CNC(=O)NN)c1ccc(F)c(Cl)c1. The Morgan fingerprint density at radius 1 is 1.53 bits per heavy atom. The first-order valence-corrected chi connectivity index (χ1v) is 5.44. The van der Waals surface area contributed by atoms with Gasteiger partial charge < -0.3 is 5.32 Å². The van der Waals surface area contributed by atoms with E-state index in [1.807, 2.05) is 19.3 Å². The second-order valence-electron chi connectivity index (χ2n) is 4.34. The molecule has 2 amide bonds. The van der Waals surface area contributed by atoms with Crippen LogP contribution in [0.3, 0.4) is 0 Å². The van der Waals surface area contributed by atoms with E-state index in [1.54, 1.807) is 12.1 Å². The lowest BCUT2D eigenvalue weighted by molar-refractivity contribution is 0.238. The van der Waals surface area contributed by atoms with Crippen LogP contribution in [0.15, 0.2) is 18.2 Å². The summed E-state index contributed by atoms with van der Waals surface area (Å²) in [5.74, 6) is 4.49. The lowest BCUT2D eigenvalue weighted by atomic mass is 9.84. The van der Waals surface area contributed by atoms with Gasteiger partial charge in [0.15, 0.2) is 0 Å². The first-order chi connectivity index (χ1) is 7.86. The number of carbonyl (C=O) groups is 1. The van der Waals surface area contributed by atoms with Crippen LogP contribution in [0.4, 0.5) is 9.18 Å². The van der Waals surface area contributed by atoms with Crippen LogP contribution in [0.1, 0.15) is 19.4 Å². The van der Waals surface area contributed by atoms with Crippen LogP contribution < -0.4 is 16.6 Å². The number of urea groups is 1. The molecule has 0 heterocycles. The van der Waals surface area contributed by atoms with E-state index in [1.165, 1.54) is 6.07 Å². The van der Waals surface area contributed by atoms with E-state index >= 15 is 0 Å². The van der Waals surface area contributed by atoms with Gasteiger partial charge in [0.1, 0.15) is 5.82 Å². The predicted octanol–water partition coefficient (Wildman–Crippen LogP) is 1.93. The molecular weight excluding hydrogens is 245 g/mol. The highest BCUT2D eigenvalue weighted by Crippen LogP contribution is 2.26. The van der Waals surface area contributed by atoms with Crippen LogP contribution >= 0.6 is 11.6 Å². The van der Waals surface area contributed by atoms with E-state index < -0.39 is 11.8 Å². The number of hydrazine groups is 1. The number of rotatable bonds is 3. The summed E-state index contributed by atoms with van der Waals surface area (Å²) in [6.45, 7) is 4.18. The Hall–Kier alpha value is -1.33. The molecule has 4 N–H and O–H groups in total. The van der Waals surface area contributed by atoms with Crippen molar-refractivity contribution in [3.8, 4) is 0 Å². The highest BCUT2D eigenvalue weighted by Gasteiger charge is 2.22. The third kappa shape index (κ3) is 3.57. The van der Waals surface area contributed by atoms with Gasteiger partial charge in [-0.25, -0.2) is 15.0 Å². The van der Waals surface area contributed by atoms with Crippen molar-refractivity contribution >= 4 is 17.6 Å². The molecule has 0 aliphatic rings. The van der Waals surface area contributed by atoms with E-state index in [4.69, 9.17) is 17.4 Å². The highest BCUT2D eigenvalue weighted by molar-refractivity contribution is 6.30. The number of amides is 2. The van der Waals surface area contributed by atoms with Gasteiger partial charge in [-0.3, -0.25) is 5.43 Å². The normalized spacial score (nSPS) is 11.1. The Bertz CT molecular complexity index is 423. The van der Waals surface area contributed by atoms with Crippen molar-refractivity contribution in [1.29, 1.82) is 0 Å². The average molecular weight is 260 g/mol. The Balaban J connectivity index is 2.81. The maximum absolute atomic E-state index is 13.0. The third-order valence-electron chi connectivity index (χ3n) is 2.52. The Labute approximate surface area is 104 Å². The highest BCUT2D eigenvalue weighted by atomic mass is 35.5. The minimum atomic E-state index is -0.466. The molecule has 0 spiro atoms. The maximum Gasteiger partial charge on any atom is 0.328 e. The van der Waals surface area contributed by atoms with E-state index in [2.05, 4.69) is 5.32 Å². The molecule has 1 aromatic carbocycles. The minimum Gasteiger partial charge on any atom is -0.336 e. The van der Waals surface area contributed by atoms with Crippen molar-refractivity contribution < 1.29 is 9.18 Å². The van der Waals surface area contributed by atoms with Crippen LogP contribution in [0.25, 0.3) is 0 Å². The monoisotopic (exact) mass is 259 g/mol. The summed E-state index contributed by atoms with van der Waals surface area (Å²) in [4.78, 5) is 11.0. The molecule has 0 radical (unpaired) electrons. The van der Waals surface area contributed by atoms with Crippen LogP contribution in [-0.2, 0) is 5.41 Å². The fraction of sp³-hybridized carbons (Fsp3) is 0.364. The van der Waals surface area contributed by atoms with Crippen LogP contribution in [-0.4, -0.2) is 12.6 Å². The molecular formula is C11H15ClFN3O. The molecule has 17 heavy (non-hydrogen) atoms. The molecule has 4 nitrogen and oxygen atoms in total. The van der Waals surface area contributed by atoms with Crippen molar-refractivity contribution in [3.63, 3.8) is 0 Å². The standard InChI is InChI=1S/C11H15ClFN3O/c1-11(2,6-15-10(17)16-14)7-3-4-9(13)8(12)5-7/h3-5H,6,14H2,1-2H3,(H2,15,16,17). The van der Waals surface area contributed by atoms with E-state index in [-0.39, 0.29) is 10.4 Å². The Morgan fingerprint density at radius 3 is 2.71 bits per heavy atom. The zero-order chi connectivity index (χ0) is 13.1. The molecule has 0 aromatic heterocycles. The van der Waals surface area contributed by atoms with Crippen molar-refractivity contribution in [1.82, 2.24) is 10.7 Å². The van der Waals surface area contributed by atoms with Gasteiger partial charge in [0.2, 0.25) is 0 Å². The number of carbonyl (C=O) groups excluding carboxylic acids is 1. The van der Waals surface area contributed by atoms with Gasteiger partial charge in [-0.15, -0.1) is 0 Å². The number of hydrogen-bond acceptors (Lipinski definition) is 2. The summed E-state index contributed by atoms with van der Waals surface area (Å²) in [6.07, 6.45) is 0. The maximum atomic E-state index is 13.0. The largest absolute Gasteiger partial charge is 0.336 e. The smallest absolute Gasteiger partial charge is 0.328 e. The summed E-state index contributed by atoms with van der Waals surface area (Å²) in [5.41, 5.74) is 2.44. The molecule has 0 saturated carbocycles. The molecule has 0 unspecified atom stereocenters. The summed E-state index contributed by atoms with van der Waals surface area (Å²) >= 11 is 5.72. The Morgan fingerprint density at radius 2 is 2.18 bits per heavy atom. The summed E-state index contributed by atoms with van der Waals surface area (Å²) in [7, 11) is 0. The van der Waals surface area contributed by atoms with Crippen molar-refractivity contribution in [3.05, 3.63) is 34.6 Å². The van der Waals surface area contributed by atoms with Crippen LogP contribution in [0.2, 0.25) is 5.02 Å². The summed E-state index contributed by atoms with van der Waals surface area (Å²) < 4.78 is 13.0. The molecule has 1 rings (SSSR count). The van der Waals surface area contributed by atoms with Gasteiger partial charge in [0.25, 0.3) is 0 Å². The quantitative estimate of drug-likeness (QED) is 0.441.